The molecule has 1 aromatic carbocycles. The van der Waals surface area contributed by atoms with Gasteiger partial charge in [-0.1, -0.05) is 55.8 Å². The van der Waals surface area contributed by atoms with Gasteiger partial charge < -0.3 is 5.32 Å². The molecular formula is C17H24ClN3. The zero-order valence-corrected chi connectivity index (χ0v) is 13.8. The largest absolute Gasteiger partial charge is 0.311 e. The second-order valence-electron chi connectivity index (χ2n) is 5.46. The second-order valence-corrected chi connectivity index (χ2v) is 5.84. The van der Waals surface area contributed by atoms with E-state index in [1.165, 1.54) is 5.56 Å². The molecule has 114 valence electrons. The molecule has 0 saturated carbocycles. The maximum Gasteiger partial charge on any atom is 0.0863 e. The van der Waals surface area contributed by atoms with Crippen molar-refractivity contribution in [2.45, 2.75) is 39.2 Å². The van der Waals surface area contributed by atoms with Crippen LogP contribution in [0.3, 0.4) is 0 Å². The second kappa shape index (κ2) is 7.62. The van der Waals surface area contributed by atoms with E-state index in [-0.39, 0.29) is 0 Å². The van der Waals surface area contributed by atoms with Crippen LogP contribution in [0.15, 0.2) is 30.3 Å². The van der Waals surface area contributed by atoms with Crippen molar-refractivity contribution >= 4 is 11.6 Å². The Labute approximate surface area is 132 Å². The molecule has 0 amide bonds. The summed E-state index contributed by atoms with van der Waals surface area (Å²) in [4.78, 5) is 0. The molecule has 0 aliphatic rings. The minimum atomic E-state index is 0.562. The van der Waals surface area contributed by atoms with Crippen LogP contribution in [0.2, 0.25) is 5.02 Å². The summed E-state index contributed by atoms with van der Waals surface area (Å²) in [6, 6.07) is 10.6. The third-order valence-corrected chi connectivity index (χ3v) is 4.35. The van der Waals surface area contributed by atoms with Crippen molar-refractivity contribution in [3.8, 4) is 0 Å². The van der Waals surface area contributed by atoms with Crippen LogP contribution in [0.4, 0.5) is 0 Å². The van der Waals surface area contributed by atoms with Crippen LogP contribution >= 0.6 is 11.6 Å². The van der Waals surface area contributed by atoms with Crippen molar-refractivity contribution in [1.82, 2.24) is 15.1 Å². The molecule has 3 nitrogen and oxygen atoms in total. The number of nitrogens with zero attached hydrogens (tertiary/aromatic N) is 2. The Morgan fingerprint density at radius 3 is 2.62 bits per heavy atom. The first-order chi connectivity index (χ1) is 10.1. The Kier molecular flexibility index (Phi) is 5.83. The van der Waals surface area contributed by atoms with E-state index < -0.39 is 0 Å². The van der Waals surface area contributed by atoms with Gasteiger partial charge >= 0.3 is 0 Å². The molecule has 1 heterocycles. The smallest absolute Gasteiger partial charge is 0.0863 e. The van der Waals surface area contributed by atoms with E-state index in [2.05, 4.69) is 54.6 Å². The summed E-state index contributed by atoms with van der Waals surface area (Å²) in [5, 5.41) is 8.72. The van der Waals surface area contributed by atoms with E-state index in [1.54, 1.807) is 0 Å². The third kappa shape index (κ3) is 4.08. The average Bonchev–Trinajstić information content (AvgIpc) is 2.79. The number of hydrogen-bond donors (Lipinski definition) is 1. The molecule has 0 bridgehead atoms. The molecule has 0 spiro atoms. The highest BCUT2D eigenvalue weighted by Gasteiger charge is 2.12. The summed E-state index contributed by atoms with van der Waals surface area (Å²) in [6.45, 7) is 6.08. The predicted octanol–water partition coefficient (Wildman–Crippen LogP) is 3.92. The fourth-order valence-corrected chi connectivity index (χ4v) is 2.85. The summed E-state index contributed by atoms with van der Waals surface area (Å²) in [5.41, 5.74) is 3.45. The molecule has 0 saturated heterocycles. The molecule has 0 fully saturated rings. The number of aromatic nitrogens is 2. The van der Waals surface area contributed by atoms with Gasteiger partial charge in [-0.05, 0) is 30.9 Å². The molecule has 1 atom stereocenters. The van der Waals surface area contributed by atoms with Gasteiger partial charge in [-0.15, -0.1) is 0 Å². The van der Waals surface area contributed by atoms with Crippen LogP contribution in [0.25, 0.3) is 0 Å². The van der Waals surface area contributed by atoms with E-state index in [0.717, 1.165) is 42.3 Å². The Hall–Kier alpha value is -1.32. The quantitative estimate of drug-likeness (QED) is 0.786. The molecule has 0 aliphatic carbocycles. The van der Waals surface area contributed by atoms with Crippen LogP contribution in [-0.4, -0.2) is 16.3 Å². The van der Waals surface area contributed by atoms with Gasteiger partial charge in [0.25, 0.3) is 0 Å². The topological polar surface area (TPSA) is 29.9 Å². The maximum absolute atomic E-state index is 6.34. The fraction of sp³-hybridized carbons (Fsp3) is 0.471. The van der Waals surface area contributed by atoms with Crippen molar-refractivity contribution in [3.05, 3.63) is 52.3 Å². The lowest BCUT2D eigenvalue weighted by molar-refractivity contribution is 0.572. The highest BCUT2D eigenvalue weighted by molar-refractivity contribution is 6.31. The summed E-state index contributed by atoms with van der Waals surface area (Å²) < 4.78 is 1.88. The van der Waals surface area contributed by atoms with Gasteiger partial charge in [0.2, 0.25) is 0 Å². The van der Waals surface area contributed by atoms with E-state index >= 15 is 0 Å². The molecule has 21 heavy (non-hydrogen) atoms. The summed E-state index contributed by atoms with van der Waals surface area (Å²) in [7, 11) is 1.95. The summed E-state index contributed by atoms with van der Waals surface area (Å²) in [5.74, 6) is 0.562. The lowest BCUT2D eigenvalue weighted by atomic mass is 9.98. The average molecular weight is 306 g/mol. The Balaban J connectivity index is 1.81. The Bertz CT molecular complexity index is 563. The van der Waals surface area contributed by atoms with Gasteiger partial charge in [0.15, 0.2) is 0 Å². The van der Waals surface area contributed by atoms with Gasteiger partial charge in [0.1, 0.15) is 0 Å². The van der Waals surface area contributed by atoms with Crippen molar-refractivity contribution in [2.24, 2.45) is 7.05 Å². The first-order valence-electron chi connectivity index (χ1n) is 7.59. The van der Waals surface area contributed by atoms with Crippen molar-refractivity contribution in [1.29, 1.82) is 0 Å². The molecule has 2 rings (SSSR count). The summed E-state index contributed by atoms with van der Waals surface area (Å²) in [6.07, 6.45) is 1.98. The molecule has 1 aromatic heterocycles. The molecule has 1 N–H and O–H groups in total. The van der Waals surface area contributed by atoms with E-state index in [9.17, 15) is 0 Å². The van der Waals surface area contributed by atoms with Crippen molar-refractivity contribution in [2.75, 3.05) is 6.54 Å². The number of hydrogen-bond acceptors (Lipinski definition) is 2. The first kappa shape index (κ1) is 16.1. The molecule has 4 heteroatoms. The fourth-order valence-electron chi connectivity index (χ4n) is 2.49. The van der Waals surface area contributed by atoms with Gasteiger partial charge in [-0.25, -0.2) is 0 Å². The first-order valence-corrected chi connectivity index (χ1v) is 7.97. The summed E-state index contributed by atoms with van der Waals surface area (Å²) >= 11 is 6.34. The van der Waals surface area contributed by atoms with Crippen molar-refractivity contribution in [3.63, 3.8) is 0 Å². The van der Waals surface area contributed by atoms with Crippen molar-refractivity contribution < 1.29 is 0 Å². The molecule has 1 unspecified atom stereocenters. The Morgan fingerprint density at radius 2 is 2.00 bits per heavy atom. The van der Waals surface area contributed by atoms with Crippen LogP contribution in [0.1, 0.15) is 43.1 Å². The highest BCUT2D eigenvalue weighted by atomic mass is 35.5. The van der Waals surface area contributed by atoms with E-state index in [4.69, 9.17) is 11.6 Å². The minimum Gasteiger partial charge on any atom is -0.311 e. The van der Waals surface area contributed by atoms with Gasteiger partial charge in [0, 0.05) is 13.6 Å². The number of aryl methyl sites for hydroxylation is 2. The number of nitrogens with one attached hydrogen (secondary N) is 1. The van der Waals surface area contributed by atoms with Gasteiger partial charge in [-0.2, -0.15) is 5.10 Å². The van der Waals surface area contributed by atoms with E-state index in [1.807, 2.05) is 11.7 Å². The van der Waals surface area contributed by atoms with E-state index in [0.29, 0.717) is 5.92 Å². The lowest BCUT2D eigenvalue weighted by Crippen LogP contribution is -2.18. The molecular weight excluding hydrogens is 282 g/mol. The number of benzene rings is 1. The Morgan fingerprint density at radius 1 is 1.29 bits per heavy atom. The molecule has 0 radical (unpaired) electrons. The normalized spacial score (nSPS) is 12.6. The highest BCUT2D eigenvalue weighted by Crippen LogP contribution is 2.21. The number of rotatable bonds is 7. The van der Waals surface area contributed by atoms with Crippen LogP contribution in [-0.2, 0) is 20.0 Å². The maximum atomic E-state index is 6.34. The van der Waals surface area contributed by atoms with Gasteiger partial charge in [-0.3, -0.25) is 4.68 Å². The number of halogens is 1. The SMILES string of the molecule is CCc1nn(C)c(CNCCC(C)c2ccccc2)c1Cl. The molecule has 0 aliphatic heterocycles. The van der Waals surface area contributed by atoms with Gasteiger partial charge in [0.05, 0.1) is 16.4 Å². The lowest BCUT2D eigenvalue weighted by Gasteiger charge is -2.12. The zero-order chi connectivity index (χ0) is 15.2. The predicted molar refractivity (Wildman–Crippen MR) is 88.8 cm³/mol. The minimum absolute atomic E-state index is 0.562. The van der Waals surface area contributed by atoms with Crippen LogP contribution in [0, 0.1) is 0 Å². The van der Waals surface area contributed by atoms with Crippen LogP contribution in [0.5, 0.6) is 0 Å². The standard InChI is InChI=1S/C17H24ClN3/c1-4-15-17(18)16(21(3)20-15)12-19-11-10-13(2)14-8-6-5-7-9-14/h5-9,13,19H,4,10-12H2,1-3H3. The molecule has 2 aromatic rings. The van der Waals surface area contributed by atoms with Crippen LogP contribution < -0.4 is 5.32 Å². The monoisotopic (exact) mass is 305 g/mol. The zero-order valence-electron chi connectivity index (χ0n) is 13.1. The third-order valence-electron chi connectivity index (χ3n) is 3.92.